The van der Waals surface area contributed by atoms with Gasteiger partial charge in [-0.3, -0.25) is 0 Å². The summed E-state index contributed by atoms with van der Waals surface area (Å²) < 4.78 is 0. The Morgan fingerprint density at radius 1 is 1.47 bits per heavy atom. The molecule has 1 atom stereocenters. The van der Waals surface area contributed by atoms with Crippen molar-refractivity contribution in [2.24, 2.45) is 5.73 Å². The first-order valence-corrected chi connectivity index (χ1v) is 7.19. The van der Waals surface area contributed by atoms with Crippen LogP contribution in [0.4, 0.5) is 5.82 Å². The summed E-state index contributed by atoms with van der Waals surface area (Å²) >= 11 is 6.97. The van der Waals surface area contributed by atoms with Crippen molar-refractivity contribution in [3.05, 3.63) is 18.1 Å². The molecule has 0 spiro atoms. The predicted molar refractivity (Wildman–Crippen MR) is 76.5 cm³/mol. The molecule has 0 aliphatic carbocycles. The Kier molecular flexibility index (Phi) is 4.56. The first-order valence-electron chi connectivity index (χ1n) is 5.73. The first-order chi connectivity index (χ1) is 8.27. The van der Waals surface area contributed by atoms with Gasteiger partial charge in [-0.25, -0.2) is 9.97 Å². The molecule has 0 saturated carbocycles. The number of nitrogens with one attached hydrogen (secondary N) is 1. The van der Waals surface area contributed by atoms with Crippen molar-refractivity contribution in [2.75, 3.05) is 17.6 Å². The number of aromatic nitrogens is 2. The third kappa shape index (κ3) is 3.54. The monoisotopic (exact) mass is 268 g/mol. The van der Waals surface area contributed by atoms with E-state index in [-0.39, 0.29) is 4.99 Å². The maximum Gasteiger partial charge on any atom is 0.155 e. The van der Waals surface area contributed by atoms with Crippen molar-refractivity contribution in [1.82, 2.24) is 9.97 Å². The molecule has 1 aliphatic heterocycles. The van der Waals surface area contributed by atoms with Crippen LogP contribution in [0.3, 0.4) is 0 Å². The zero-order valence-corrected chi connectivity index (χ0v) is 11.2. The first kappa shape index (κ1) is 12.6. The molecule has 1 saturated heterocycles. The van der Waals surface area contributed by atoms with Crippen LogP contribution < -0.4 is 11.1 Å². The summed E-state index contributed by atoms with van der Waals surface area (Å²) in [6.07, 6.45) is 7.18. The lowest BCUT2D eigenvalue weighted by Gasteiger charge is -2.22. The zero-order valence-electron chi connectivity index (χ0n) is 9.56. The van der Waals surface area contributed by atoms with Gasteiger partial charge in [0.2, 0.25) is 0 Å². The molecule has 0 aromatic carbocycles. The van der Waals surface area contributed by atoms with Crippen LogP contribution in [0, 0.1) is 0 Å². The van der Waals surface area contributed by atoms with Gasteiger partial charge in [0, 0.05) is 24.2 Å². The number of hydrogen-bond acceptors (Lipinski definition) is 5. The number of thioether (sulfide) groups is 1. The van der Waals surface area contributed by atoms with E-state index in [1.807, 2.05) is 11.8 Å². The molecule has 0 radical (unpaired) electrons. The molecule has 17 heavy (non-hydrogen) atoms. The standard InChI is InChI=1S/C11H16N4S2/c12-10(16)9-11(14-5-4-13-9)15-7-8-3-1-2-6-17-8/h4-5,8H,1-3,6-7H2,(H2,12,16)(H,14,15). The Morgan fingerprint density at radius 2 is 2.29 bits per heavy atom. The van der Waals surface area contributed by atoms with E-state index in [1.165, 1.54) is 25.0 Å². The Balaban J connectivity index is 1.96. The number of nitrogens with two attached hydrogens (primary N) is 1. The smallest absolute Gasteiger partial charge is 0.155 e. The van der Waals surface area contributed by atoms with Crippen molar-refractivity contribution >= 4 is 34.8 Å². The molecule has 1 aromatic rings. The number of hydrogen-bond donors (Lipinski definition) is 2. The highest BCUT2D eigenvalue weighted by Crippen LogP contribution is 2.25. The lowest BCUT2D eigenvalue weighted by atomic mass is 10.2. The number of rotatable bonds is 4. The van der Waals surface area contributed by atoms with Gasteiger partial charge in [-0.1, -0.05) is 18.6 Å². The molecule has 92 valence electrons. The molecule has 0 amide bonds. The third-order valence-electron chi connectivity index (χ3n) is 2.70. The van der Waals surface area contributed by atoms with Gasteiger partial charge >= 0.3 is 0 Å². The van der Waals surface area contributed by atoms with Gasteiger partial charge in [-0.15, -0.1) is 0 Å². The van der Waals surface area contributed by atoms with E-state index in [4.69, 9.17) is 18.0 Å². The molecular formula is C11H16N4S2. The van der Waals surface area contributed by atoms with E-state index in [0.717, 1.165) is 6.54 Å². The summed E-state index contributed by atoms with van der Waals surface area (Å²) in [7, 11) is 0. The predicted octanol–water partition coefficient (Wildman–Crippen LogP) is 1.81. The minimum atomic E-state index is 0.289. The van der Waals surface area contributed by atoms with Crippen LogP contribution in [0.25, 0.3) is 0 Å². The second kappa shape index (κ2) is 6.16. The molecule has 1 aliphatic rings. The van der Waals surface area contributed by atoms with Gasteiger partial charge in [-0.2, -0.15) is 11.8 Å². The minimum absolute atomic E-state index is 0.289. The fraction of sp³-hybridized carbons (Fsp3) is 0.545. The van der Waals surface area contributed by atoms with E-state index in [2.05, 4.69) is 15.3 Å². The molecule has 6 heteroatoms. The van der Waals surface area contributed by atoms with Crippen LogP contribution in [-0.2, 0) is 0 Å². The fourth-order valence-corrected chi connectivity index (χ4v) is 3.21. The normalized spacial score (nSPS) is 19.9. The highest BCUT2D eigenvalue weighted by molar-refractivity contribution is 7.99. The molecule has 1 unspecified atom stereocenters. The summed E-state index contributed by atoms with van der Waals surface area (Å²) in [4.78, 5) is 8.67. The van der Waals surface area contributed by atoms with Crippen molar-refractivity contribution in [1.29, 1.82) is 0 Å². The van der Waals surface area contributed by atoms with E-state index in [0.29, 0.717) is 16.8 Å². The summed E-state index contributed by atoms with van der Waals surface area (Å²) in [5.41, 5.74) is 6.19. The van der Waals surface area contributed by atoms with E-state index in [1.54, 1.807) is 12.4 Å². The maximum atomic E-state index is 5.61. The Labute approximate surface area is 111 Å². The topological polar surface area (TPSA) is 63.8 Å². The molecule has 0 bridgehead atoms. The van der Waals surface area contributed by atoms with Crippen LogP contribution in [0.15, 0.2) is 12.4 Å². The van der Waals surface area contributed by atoms with Gasteiger partial charge in [0.15, 0.2) is 5.82 Å². The van der Waals surface area contributed by atoms with Crippen LogP contribution >= 0.6 is 24.0 Å². The molecule has 1 fully saturated rings. The second-order valence-corrected chi connectivity index (χ2v) is 5.84. The van der Waals surface area contributed by atoms with E-state index in [9.17, 15) is 0 Å². The van der Waals surface area contributed by atoms with Crippen LogP contribution in [-0.4, -0.2) is 32.5 Å². The molecule has 2 heterocycles. The summed E-state index contributed by atoms with van der Waals surface area (Å²) in [6.45, 7) is 0.902. The van der Waals surface area contributed by atoms with E-state index >= 15 is 0 Å². The Bertz CT molecular complexity index is 391. The summed E-state index contributed by atoms with van der Waals surface area (Å²) in [5.74, 6) is 1.96. The number of thiocarbonyl (C=S) groups is 1. The largest absolute Gasteiger partial charge is 0.388 e. The lowest BCUT2D eigenvalue weighted by molar-refractivity contribution is 0.677. The van der Waals surface area contributed by atoms with Crippen LogP contribution in [0.1, 0.15) is 25.0 Å². The molecule has 4 nitrogen and oxygen atoms in total. The lowest BCUT2D eigenvalue weighted by Crippen LogP contribution is -2.23. The van der Waals surface area contributed by atoms with Gasteiger partial charge < -0.3 is 11.1 Å². The maximum absolute atomic E-state index is 5.61. The van der Waals surface area contributed by atoms with Crippen molar-refractivity contribution in [3.8, 4) is 0 Å². The van der Waals surface area contributed by atoms with Crippen molar-refractivity contribution in [2.45, 2.75) is 24.5 Å². The van der Waals surface area contributed by atoms with Gasteiger partial charge in [0.05, 0.1) is 0 Å². The molecule has 2 rings (SSSR count). The Hall–Kier alpha value is -0.880. The van der Waals surface area contributed by atoms with Crippen molar-refractivity contribution in [3.63, 3.8) is 0 Å². The molecular weight excluding hydrogens is 252 g/mol. The average Bonchev–Trinajstić information content (AvgIpc) is 2.38. The third-order valence-corrected chi connectivity index (χ3v) is 4.29. The van der Waals surface area contributed by atoms with Crippen LogP contribution in [0.2, 0.25) is 0 Å². The van der Waals surface area contributed by atoms with Crippen molar-refractivity contribution < 1.29 is 0 Å². The van der Waals surface area contributed by atoms with Gasteiger partial charge in [-0.05, 0) is 18.6 Å². The minimum Gasteiger partial charge on any atom is -0.388 e. The highest BCUT2D eigenvalue weighted by atomic mass is 32.2. The average molecular weight is 268 g/mol. The summed E-state index contributed by atoms with van der Waals surface area (Å²) in [6, 6.07) is 0. The molecule has 3 N–H and O–H groups in total. The number of anilines is 1. The second-order valence-electron chi connectivity index (χ2n) is 3.99. The van der Waals surface area contributed by atoms with Gasteiger partial charge in [0.25, 0.3) is 0 Å². The van der Waals surface area contributed by atoms with Crippen LogP contribution in [0.5, 0.6) is 0 Å². The summed E-state index contributed by atoms with van der Waals surface area (Å²) in [5, 5.41) is 3.96. The number of nitrogens with zero attached hydrogens (tertiary/aromatic N) is 2. The fourth-order valence-electron chi connectivity index (χ4n) is 1.83. The van der Waals surface area contributed by atoms with E-state index < -0.39 is 0 Å². The quantitative estimate of drug-likeness (QED) is 0.812. The Morgan fingerprint density at radius 3 is 3.00 bits per heavy atom. The van der Waals surface area contributed by atoms with Gasteiger partial charge in [0.1, 0.15) is 10.7 Å². The SMILES string of the molecule is NC(=S)c1nccnc1NCC1CCCCS1. The molecule has 1 aromatic heterocycles. The zero-order chi connectivity index (χ0) is 12.1. The highest BCUT2D eigenvalue weighted by Gasteiger charge is 2.15.